The number of aryl methyl sites for hydroxylation is 1. The summed E-state index contributed by atoms with van der Waals surface area (Å²) < 4.78 is 0. The van der Waals surface area contributed by atoms with Crippen molar-refractivity contribution in [2.75, 3.05) is 6.54 Å². The Morgan fingerprint density at radius 3 is 2.77 bits per heavy atom. The van der Waals surface area contributed by atoms with Crippen molar-refractivity contribution in [3.63, 3.8) is 0 Å². The highest BCUT2D eigenvalue weighted by molar-refractivity contribution is 5.94. The van der Waals surface area contributed by atoms with Gasteiger partial charge in [-0.3, -0.25) is 19.7 Å². The first-order valence-corrected chi connectivity index (χ1v) is 8.76. The van der Waals surface area contributed by atoms with Gasteiger partial charge in [-0.05, 0) is 36.8 Å². The number of hydrogen-bond acceptors (Lipinski definition) is 4. The summed E-state index contributed by atoms with van der Waals surface area (Å²) in [6.07, 6.45) is 4.58. The number of aromatic amines is 1. The predicted octanol–water partition coefficient (Wildman–Crippen LogP) is 2.69. The Bertz CT molecular complexity index is 890. The maximum absolute atomic E-state index is 13.0. The molecule has 0 saturated heterocycles. The molecule has 1 aliphatic rings. The summed E-state index contributed by atoms with van der Waals surface area (Å²) in [6.45, 7) is 2.56. The fourth-order valence-corrected chi connectivity index (χ4v) is 3.53. The zero-order valence-corrected chi connectivity index (χ0v) is 14.6. The van der Waals surface area contributed by atoms with Crippen molar-refractivity contribution in [2.24, 2.45) is 0 Å². The van der Waals surface area contributed by atoms with Crippen LogP contribution in [-0.4, -0.2) is 33.3 Å². The molecule has 0 unspecified atom stereocenters. The molecule has 7 nitrogen and oxygen atoms in total. The third-order valence-corrected chi connectivity index (χ3v) is 4.81. The number of carbonyl (C=O) groups excluding carboxylic acids is 1. The molecule has 1 aromatic carbocycles. The maximum Gasteiger partial charge on any atom is 0.334 e. The summed E-state index contributed by atoms with van der Waals surface area (Å²) in [6, 6.07) is 9.33. The fraction of sp³-hybridized carbons (Fsp3) is 0.368. The Balaban J connectivity index is 1.89. The second kappa shape index (κ2) is 7.51. The van der Waals surface area contributed by atoms with Crippen molar-refractivity contribution in [1.82, 2.24) is 9.88 Å². The van der Waals surface area contributed by atoms with E-state index in [0.717, 1.165) is 31.7 Å². The van der Waals surface area contributed by atoms with Gasteiger partial charge < -0.3 is 9.88 Å². The number of nitrogens with one attached hydrogen (secondary N) is 1. The number of aromatic nitrogens is 1. The van der Waals surface area contributed by atoms with Crippen LogP contribution in [0.5, 0.6) is 0 Å². The minimum absolute atomic E-state index is 0.0448. The predicted molar refractivity (Wildman–Crippen MR) is 97.3 cm³/mol. The highest BCUT2D eigenvalue weighted by Crippen LogP contribution is 2.26. The normalized spacial score (nSPS) is 16.0. The van der Waals surface area contributed by atoms with E-state index in [2.05, 4.69) is 17.1 Å². The number of pyridine rings is 1. The van der Waals surface area contributed by atoms with Crippen LogP contribution < -0.4 is 5.56 Å². The van der Waals surface area contributed by atoms with Crippen LogP contribution >= 0.6 is 0 Å². The van der Waals surface area contributed by atoms with E-state index in [0.29, 0.717) is 6.54 Å². The average Bonchev–Trinajstić information content (AvgIpc) is 2.65. The molecule has 7 heteroatoms. The largest absolute Gasteiger partial charge is 0.335 e. The monoisotopic (exact) mass is 355 g/mol. The van der Waals surface area contributed by atoms with Crippen LogP contribution in [0.1, 0.15) is 41.3 Å². The van der Waals surface area contributed by atoms with Crippen molar-refractivity contribution < 1.29 is 9.72 Å². The van der Waals surface area contributed by atoms with Gasteiger partial charge in [-0.15, -0.1) is 0 Å². The van der Waals surface area contributed by atoms with E-state index < -0.39 is 16.2 Å². The molecule has 0 spiro atoms. The zero-order valence-electron chi connectivity index (χ0n) is 14.6. The quantitative estimate of drug-likeness (QED) is 0.659. The number of carbonyl (C=O) groups is 1. The Morgan fingerprint density at radius 1 is 1.35 bits per heavy atom. The second-order valence-corrected chi connectivity index (χ2v) is 6.52. The fourth-order valence-electron chi connectivity index (χ4n) is 3.53. The van der Waals surface area contributed by atoms with E-state index in [1.807, 2.05) is 19.1 Å². The molecule has 26 heavy (non-hydrogen) atoms. The summed E-state index contributed by atoms with van der Waals surface area (Å²) in [7, 11) is 0. The van der Waals surface area contributed by atoms with Gasteiger partial charge in [-0.2, -0.15) is 0 Å². The molecule has 0 aliphatic heterocycles. The van der Waals surface area contributed by atoms with E-state index in [9.17, 15) is 19.7 Å². The number of hydrogen-bond donors (Lipinski definition) is 1. The molecule has 3 rings (SSSR count). The molecule has 1 amide bonds. The van der Waals surface area contributed by atoms with Gasteiger partial charge >= 0.3 is 11.2 Å². The molecule has 1 N–H and O–H groups in total. The summed E-state index contributed by atoms with van der Waals surface area (Å²) in [4.78, 5) is 38.9. The topological polar surface area (TPSA) is 96.3 Å². The van der Waals surface area contributed by atoms with Crippen LogP contribution in [0.2, 0.25) is 0 Å². The number of fused-ring (bicyclic) bond motifs is 1. The summed E-state index contributed by atoms with van der Waals surface area (Å²) in [5.74, 6) is -0.282. The number of amides is 1. The van der Waals surface area contributed by atoms with E-state index in [-0.39, 0.29) is 17.5 Å². The van der Waals surface area contributed by atoms with E-state index in [1.54, 1.807) is 4.90 Å². The van der Waals surface area contributed by atoms with Crippen LogP contribution in [0, 0.1) is 10.1 Å². The molecule has 1 heterocycles. The van der Waals surface area contributed by atoms with Gasteiger partial charge in [0.2, 0.25) is 0 Å². The van der Waals surface area contributed by atoms with Crippen LogP contribution in [0.15, 0.2) is 41.3 Å². The van der Waals surface area contributed by atoms with Gasteiger partial charge in [-0.25, -0.2) is 0 Å². The Kier molecular flexibility index (Phi) is 5.16. The molecule has 136 valence electrons. The van der Waals surface area contributed by atoms with Crippen molar-refractivity contribution >= 4 is 11.6 Å². The molecule has 1 aromatic heterocycles. The van der Waals surface area contributed by atoms with Crippen molar-refractivity contribution in [3.8, 4) is 0 Å². The molecule has 0 fully saturated rings. The van der Waals surface area contributed by atoms with Crippen molar-refractivity contribution in [2.45, 2.75) is 38.6 Å². The minimum atomic E-state index is -0.805. The number of H-pyrrole nitrogens is 1. The first kappa shape index (κ1) is 17.8. The standard InChI is InChI=1S/C19H21N3O4/c1-2-9-21(16-8-7-13-5-3-4-6-14(13)10-16)19(24)15-11-17(22(25)26)18(23)20-12-15/h3-6,11-12,16H,2,7-10H2,1H3,(H,20,23)/t16-/m1/s1. The first-order chi connectivity index (χ1) is 12.5. The Hall–Kier alpha value is -2.96. The SMILES string of the molecule is CCCN(C(=O)c1c[nH]c(=O)c([N+](=O)[O-])c1)[C@@H]1CCc2ccccc2C1. The number of nitro groups is 1. The maximum atomic E-state index is 13.0. The number of nitrogens with zero attached hydrogens (tertiary/aromatic N) is 2. The lowest BCUT2D eigenvalue weighted by Crippen LogP contribution is -2.44. The lowest BCUT2D eigenvalue weighted by Gasteiger charge is -2.35. The Labute approximate surface area is 150 Å². The van der Waals surface area contributed by atoms with Gasteiger partial charge in [0.05, 0.1) is 10.5 Å². The van der Waals surface area contributed by atoms with E-state index >= 15 is 0 Å². The molecule has 1 atom stereocenters. The van der Waals surface area contributed by atoms with Crippen LogP contribution in [0.3, 0.4) is 0 Å². The average molecular weight is 355 g/mol. The smallest absolute Gasteiger partial charge is 0.334 e. The summed E-state index contributed by atoms with van der Waals surface area (Å²) in [5.41, 5.74) is 1.28. The third kappa shape index (κ3) is 3.51. The highest BCUT2D eigenvalue weighted by Gasteiger charge is 2.29. The van der Waals surface area contributed by atoms with Crippen LogP contribution in [-0.2, 0) is 12.8 Å². The molecule has 0 radical (unpaired) electrons. The zero-order chi connectivity index (χ0) is 18.7. The summed E-state index contributed by atoms with van der Waals surface area (Å²) in [5, 5.41) is 11.0. The summed E-state index contributed by atoms with van der Waals surface area (Å²) >= 11 is 0. The van der Waals surface area contributed by atoms with E-state index in [4.69, 9.17) is 0 Å². The Morgan fingerprint density at radius 2 is 2.08 bits per heavy atom. The van der Waals surface area contributed by atoms with Gasteiger partial charge in [0.15, 0.2) is 0 Å². The van der Waals surface area contributed by atoms with Crippen LogP contribution in [0.4, 0.5) is 5.69 Å². The van der Waals surface area contributed by atoms with Crippen LogP contribution in [0.25, 0.3) is 0 Å². The van der Waals surface area contributed by atoms with Crippen molar-refractivity contribution in [1.29, 1.82) is 0 Å². The van der Waals surface area contributed by atoms with Gasteiger partial charge in [-0.1, -0.05) is 31.2 Å². The molecule has 0 bridgehead atoms. The molecule has 1 aliphatic carbocycles. The van der Waals surface area contributed by atoms with Gasteiger partial charge in [0.25, 0.3) is 5.91 Å². The lowest BCUT2D eigenvalue weighted by molar-refractivity contribution is -0.386. The third-order valence-electron chi connectivity index (χ3n) is 4.81. The lowest BCUT2D eigenvalue weighted by atomic mass is 9.87. The first-order valence-electron chi connectivity index (χ1n) is 8.76. The second-order valence-electron chi connectivity index (χ2n) is 6.52. The minimum Gasteiger partial charge on any atom is -0.335 e. The molecule has 0 saturated carbocycles. The number of rotatable bonds is 5. The molecule has 2 aromatic rings. The van der Waals surface area contributed by atoms with Crippen molar-refractivity contribution in [3.05, 3.63) is 73.7 Å². The molecular formula is C19H21N3O4. The number of benzene rings is 1. The highest BCUT2D eigenvalue weighted by atomic mass is 16.6. The van der Waals surface area contributed by atoms with E-state index in [1.165, 1.54) is 17.3 Å². The van der Waals surface area contributed by atoms with Gasteiger partial charge in [0.1, 0.15) is 0 Å². The molecular weight excluding hydrogens is 334 g/mol. The van der Waals surface area contributed by atoms with Gasteiger partial charge in [0, 0.05) is 24.8 Å².